The maximum absolute atomic E-state index is 12.8. The standard InChI is InChI=1S/C17H30N4O2/c1-13-11-18-8-10-21(13)16(22)14-5-4-9-20(12-14)17(23)19-15-6-2-3-7-15/h13-15,18H,2-12H2,1H3,(H,19,23). The number of rotatable bonds is 2. The average Bonchev–Trinajstić information content (AvgIpc) is 3.08. The van der Waals surface area contributed by atoms with Gasteiger partial charge in [-0.1, -0.05) is 12.8 Å². The Kier molecular flexibility index (Phi) is 5.41. The number of likely N-dealkylation sites (tertiary alicyclic amines) is 1. The van der Waals surface area contributed by atoms with Crippen LogP contribution in [0.4, 0.5) is 4.79 Å². The number of piperidine rings is 1. The molecule has 0 aromatic heterocycles. The third kappa shape index (κ3) is 3.97. The Bertz CT molecular complexity index is 436. The van der Waals surface area contributed by atoms with Crippen molar-refractivity contribution >= 4 is 11.9 Å². The van der Waals surface area contributed by atoms with E-state index in [1.54, 1.807) is 0 Å². The van der Waals surface area contributed by atoms with Gasteiger partial charge in [-0.05, 0) is 32.6 Å². The Balaban J connectivity index is 1.54. The molecule has 23 heavy (non-hydrogen) atoms. The summed E-state index contributed by atoms with van der Waals surface area (Å²) < 4.78 is 0. The fraction of sp³-hybridized carbons (Fsp3) is 0.882. The Labute approximate surface area is 139 Å². The van der Waals surface area contributed by atoms with Crippen LogP contribution in [0.25, 0.3) is 0 Å². The number of nitrogens with zero attached hydrogens (tertiary/aromatic N) is 2. The molecule has 0 radical (unpaired) electrons. The first kappa shape index (κ1) is 16.6. The van der Waals surface area contributed by atoms with Gasteiger partial charge in [-0.15, -0.1) is 0 Å². The van der Waals surface area contributed by atoms with Crippen LogP contribution in [-0.2, 0) is 4.79 Å². The molecular formula is C17H30N4O2. The lowest BCUT2D eigenvalue weighted by Crippen LogP contribution is -2.56. The highest BCUT2D eigenvalue weighted by atomic mass is 16.2. The first-order valence-corrected chi connectivity index (χ1v) is 9.22. The van der Waals surface area contributed by atoms with Crippen LogP contribution >= 0.6 is 0 Å². The summed E-state index contributed by atoms with van der Waals surface area (Å²) >= 11 is 0. The van der Waals surface area contributed by atoms with Crippen molar-refractivity contribution in [1.29, 1.82) is 0 Å². The number of amides is 3. The van der Waals surface area contributed by atoms with Crippen LogP contribution in [0, 0.1) is 5.92 Å². The van der Waals surface area contributed by atoms with Crippen molar-refractivity contribution in [3.63, 3.8) is 0 Å². The van der Waals surface area contributed by atoms with E-state index >= 15 is 0 Å². The molecule has 1 saturated carbocycles. The number of carbonyl (C=O) groups excluding carboxylic acids is 2. The molecule has 2 heterocycles. The largest absolute Gasteiger partial charge is 0.337 e. The van der Waals surface area contributed by atoms with E-state index in [9.17, 15) is 9.59 Å². The van der Waals surface area contributed by atoms with Gasteiger partial charge in [-0.2, -0.15) is 0 Å². The molecule has 6 nitrogen and oxygen atoms in total. The molecule has 2 saturated heterocycles. The zero-order valence-electron chi connectivity index (χ0n) is 14.2. The molecule has 0 spiro atoms. The molecule has 1 aliphatic carbocycles. The van der Waals surface area contributed by atoms with Crippen LogP contribution in [0.15, 0.2) is 0 Å². The molecule has 0 aromatic rings. The minimum Gasteiger partial charge on any atom is -0.337 e. The normalized spacial score (nSPS) is 29.6. The topological polar surface area (TPSA) is 64.7 Å². The first-order chi connectivity index (χ1) is 11.1. The Morgan fingerprint density at radius 2 is 1.87 bits per heavy atom. The number of urea groups is 1. The number of hydrogen-bond acceptors (Lipinski definition) is 3. The fourth-order valence-electron chi connectivity index (χ4n) is 4.10. The van der Waals surface area contributed by atoms with Gasteiger partial charge in [0.15, 0.2) is 0 Å². The summed E-state index contributed by atoms with van der Waals surface area (Å²) in [6.45, 7) is 5.97. The SMILES string of the molecule is CC1CNCCN1C(=O)C1CCCN(C(=O)NC2CCCC2)C1. The highest BCUT2D eigenvalue weighted by Gasteiger charge is 2.34. The Morgan fingerprint density at radius 1 is 1.09 bits per heavy atom. The highest BCUT2D eigenvalue weighted by molar-refractivity contribution is 5.81. The van der Waals surface area contributed by atoms with Crippen molar-refractivity contribution in [1.82, 2.24) is 20.4 Å². The van der Waals surface area contributed by atoms with Crippen LogP contribution in [0.5, 0.6) is 0 Å². The van der Waals surface area contributed by atoms with Gasteiger partial charge < -0.3 is 20.4 Å². The molecule has 2 atom stereocenters. The summed E-state index contributed by atoms with van der Waals surface area (Å²) in [5.41, 5.74) is 0. The van der Waals surface area contributed by atoms with Gasteiger partial charge >= 0.3 is 6.03 Å². The monoisotopic (exact) mass is 322 g/mol. The number of piperazine rings is 1. The van der Waals surface area contributed by atoms with Gasteiger partial charge in [0, 0.05) is 44.8 Å². The fourth-order valence-corrected chi connectivity index (χ4v) is 4.10. The molecule has 2 aliphatic heterocycles. The van der Waals surface area contributed by atoms with Crippen molar-refractivity contribution in [3.8, 4) is 0 Å². The second-order valence-electron chi connectivity index (χ2n) is 7.30. The van der Waals surface area contributed by atoms with E-state index < -0.39 is 0 Å². The molecule has 130 valence electrons. The van der Waals surface area contributed by atoms with Gasteiger partial charge in [-0.25, -0.2) is 4.79 Å². The minimum absolute atomic E-state index is 0.0290. The van der Waals surface area contributed by atoms with Crippen LogP contribution in [0.3, 0.4) is 0 Å². The molecule has 2 N–H and O–H groups in total. The molecule has 3 amide bonds. The lowest BCUT2D eigenvalue weighted by molar-refractivity contribution is -0.139. The van der Waals surface area contributed by atoms with Crippen molar-refractivity contribution < 1.29 is 9.59 Å². The van der Waals surface area contributed by atoms with E-state index in [1.807, 2.05) is 9.80 Å². The molecule has 2 unspecified atom stereocenters. The van der Waals surface area contributed by atoms with E-state index in [2.05, 4.69) is 17.6 Å². The van der Waals surface area contributed by atoms with E-state index in [0.29, 0.717) is 12.6 Å². The van der Waals surface area contributed by atoms with Gasteiger partial charge in [0.25, 0.3) is 0 Å². The van der Waals surface area contributed by atoms with Crippen LogP contribution in [0.1, 0.15) is 45.4 Å². The summed E-state index contributed by atoms with van der Waals surface area (Å²) in [7, 11) is 0. The average molecular weight is 322 g/mol. The summed E-state index contributed by atoms with van der Waals surface area (Å²) in [4.78, 5) is 29.1. The molecular weight excluding hydrogens is 292 g/mol. The van der Waals surface area contributed by atoms with Gasteiger partial charge in [0.2, 0.25) is 5.91 Å². The molecule has 0 bridgehead atoms. The zero-order valence-corrected chi connectivity index (χ0v) is 14.2. The van der Waals surface area contributed by atoms with Gasteiger partial charge in [-0.3, -0.25) is 4.79 Å². The molecule has 6 heteroatoms. The quantitative estimate of drug-likeness (QED) is 0.802. The zero-order chi connectivity index (χ0) is 16.2. The number of carbonyl (C=O) groups is 2. The summed E-state index contributed by atoms with van der Waals surface area (Å²) in [6, 6.07) is 0.619. The lowest BCUT2D eigenvalue weighted by atomic mass is 9.95. The summed E-state index contributed by atoms with van der Waals surface area (Å²) in [6.07, 6.45) is 6.46. The summed E-state index contributed by atoms with van der Waals surface area (Å²) in [5.74, 6) is 0.205. The van der Waals surface area contributed by atoms with Crippen LogP contribution in [0.2, 0.25) is 0 Å². The van der Waals surface area contributed by atoms with E-state index in [1.165, 1.54) is 12.8 Å². The third-order valence-electron chi connectivity index (χ3n) is 5.52. The van der Waals surface area contributed by atoms with Crippen molar-refractivity contribution in [2.45, 2.75) is 57.5 Å². The number of hydrogen-bond donors (Lipinski definition) is 2. The molecule has 3 aliphatic rings. The van der Waals surface area contributed by atoms with Gasteiger partial charge in [0.1, 0.15) is 0 Å². The van der Waals surface area contributed by atoms with Crippen molar-refractivity contribution in [3.05, 3.63) is 0 Å². The van der Waals surface area contributed by atoms with Crippen LogP contribution in [-0.4, -0.2) is 66.5 Å². The first-order valence-electron chi connectivity index (χ1n) is 9.22. The van der Waals surface area contributed by atoms with E-state index in [4.69, 9.17) is 0 Å². The van der Waals surface area contributed by atoms with Crippen molar-refractivity contribution in [2.75, 3.05) is 32.7 Å². The smallest absolute Gasteiger partial charge is 0.317 e. The second-order valence-corrected chi connectivity index (χ2v) is 7.30. The molecule has 3 fully saturated rings. The molecule has 0 aromatic carbocycles. The maximum Gasteiger partial charge on any atom is 0.317 e. The second kappa shape index (κ2) is 7.51. The van der Waals surface area contributed by atoms with Crippen molar-refractivity contribution in [2.24, 2.45) is 5.92 Å². The van der Waals surface area contributed by atoms with E-state index in [0.717, 1.165) is 51.9 Å². The maximum atomic E-state index is 12.8. The van der Waals surface area contributed by atoms with Gasteiger partial charge in [0.05, 0.1) is 5.92 Å². The van der Waals surface area contributed by atoms with Crippen LogP contribution < -0.4 is 10.6 Å². The third-order valence-corrected chi connectivity index (χ3v) is 5.52. The Morgan fingerprint density at radius 3 is 2.61 bits per heavy atom. The van der Waals surface area contributed by atoms with E-state index in [-0.39, 0.29) is 23.9 Å². The predicted molar refractivity (Wildman–Crippen MR) is 89.1 cm³/mol. The predicted octanol–water partition coefficient (Wildman–Crippen LogP) is 1.17. The lowest BCUT2D eigenvalue weighted by Gasteiger charge is -2.39. The number of nitrogens with one attached hydrogen (secondary N) is 2. The molecule has 3 rings (SSSR count). The highest BCUT2D eigenvalue weighted by Crippen LogP contribution is 2.22. The summed E-state index contributed by atoms with van der Waals surface area (Å²) in [5, 5.41) is 6.47. The minimum atomic E-state index is -0.0290. The Hall–Kier alpha value is -1.30.